The van der Waals surface area contributed by atoms with Gasteiger partial charge in [0.25, 0.3) is 5.24 Å². The number of halogens is 1. The predicted molar refractivity (Wildman–Crippen MR) is 64.9 cm³/mol. The van der Waals surface area contributed by atoms with E-state index < -0.39 is 5.24 Å². The standard InChI is InChI=1S/C12H11ClN2O2/c1-2-17-11-8-10(12(13)16)14-15(11)9-6-4-3-5-7-9/h3-8H,2H2,1H3. The summed E-state index contributed by atoms with van der Waals surface area (Å²) in [6.07, 6.45) is 0. The lowest BCUT2D eigenvalue weighted by Crippen LogP contribution is -2.02. The van der Waals surface area contributed by atoms with E-state index in [1.54, 1.807) is 4.68 Å². The Balaban J connectivity index is 2.48. The van der Waals surface area contributed by atoms with E-state index in [1.807, 2.05) is 37.3 Å². The Hall–Kier alpha value is -1.81. The van der Waals surface area contributed by atoms with Crippen molar-refractivity contribution in [2.24, 2.45) is 0 Å². The molecule has 0 N–H and O–H groups in total. The van der Waals surface area contributed by atoms with Crippen LogP contribution in [0.1, 0.15) is 17.4 Å². The first-order chi connectivity index (χ1) is 8.22. The van der Waals surface area contributed by atoms with Crippen LogP contribution in [0.2, 0.25) is 0 Å². The minimum Gasteiger partial charge on any atom is -0.478 e. The quantitative estimate of drug-likeness (QED) is 0.784. The molecule has 0 fully saturated rings. The summed E-state index contributed by atoms with van der Waals surface area (Å²) in [4.78, 5) is 11.1. The van der Waals surface area contributed by atoms with E-state index in [-0.39, 0.29) is 5.69 Å². The first-order valence-electron chi connectivity index (χ1n) is 5.20. The molecule has 88 valence electrons. The van der Waals surface area contributed by atoms with Gasteiger partial charge in [-0.25, -0.2) is 4.68 Å². The topological polar surface area (TPSA) is 44.1 Å². The lowest BCUT2D eigenvalue weighted by atomic mass is 10.3. The molecule has 4 nitrogen and oxygen atoms in total. The fraction of sp³-hybridized carbons (Fsp3) is 0.167. The van der Waals surface area contributed by atoms with Crippen molar-refractivity contribution >= 4 is 16.8 Å². The second-order valence-corrected chi connectivity index (χ2v) is 3.67. The van der Waals surface area contributed by atoms with Gasteiger partial charge in [-0.2, -0.15) is 5.10 Å². The molecule has 5 heteroatoms. The summed E-state index contributed by atoms with van der Waals surface area (Å²) < 4.78 is 6.97. The van der Waals surface area contributed by atoms with Gasteiger partial charge in [0.2, 0.25) is 5.88 Å². The summed E-state index contributed by atoms with van der Waals surface area (Å²) in [6.45, 7) is 2.36. The Kier molecular flexibility index (Phi) is 3.44. The number of carbonyl (C=O) groups is 1. The zero-order valence-corrected chi connectivity index (χ0v) is 10.0. The summed E-state index contributed by atoms with van der Waals surface area (Å²) in [6, 6.07) is 11.0. The third kappa shape index (κ3) is 2.47. The van der Waals surface area contributed by atoms with Crippen LogP contribution in [0.4, 0.5) is 0 Å². The Morgan fingerprint density at radius 1 is 1.41 bits per heavy atom. The molecule has 0 aliphatic heterocycles. The van der Waals surface area contributed by atoms with Crippen LogP contribution in [-0.4, -0.2) is 21.6 Å². The first-order valence-corrected chi connectivity index (χ1v) is 5.58. The van der Waals surface area contributed by atoms with Crippen LogP contribution < -0.4 is 4.74 Å². The van der Waals surface area contributed by atoms with Crippen molar-refractivity contribution in [1.29, 1.82) is 0 Å². The molecule has 1 heterocycles. The summed E-state index contributed by atoms with van der Waals surface area (Å²) >= 11 is 5.41. The molecule has 0 unspecified atom stereocenters. The maximum Gasteiger partial charge on any atom is 0.272 e. The number of hydrogen-bond acceptors (Lipinski definition) is 3. The number of para-hydroxylation sites is 1. The highest BCUT2D eigenvalue weighted by molar-refractivity contribution is 6.67. The van der Waals surface area contributed by atoms with E-state index >= 15 is 0 Å². The molecule has 0 aliphatic carbocycles. The lowest BCUT2D eigenvalue weighted by molar-refractivity contribution is 0.107. The van der Waals surface area contributed by atoms with Crippen LogP contribution in [0.5, 0.6) is 5.88 Å². The monoisotopic (exact) mass is 250 g/mol. The molecule has 0 bridgehead atoms. The maximum absolute atomic E-state index is 11.1. The fourth-order valence-electron chi connectivity index (χ4n) is 1.46. The number of carbonyl (C=O) groups excluding carboxylic acids is 1. The molecule has 17 heavy (non-hydrogen) atoms. The van der Waals surface area contributed by atoms with Gasteiger partial charge in [-0.15, -0.1) is 0 Å². The normalized spacial score (nSPS) is 10.2. The van der Waals surface area contributed by atoms with Crippen LogP contribution in [-0.2, 0) is 0 Å². The molecule has 0 saturated carbocycles. The van der Waals surface area contributed by atoms with Crippen molar-refractivity contribution in [2.45, 2.75) is 6.92 Å². The number of ether oxygens (including phenoxy) is 1. The lowest BCUT2D eigenvalue weighted by Gasteiger charge is -2.06. The first kappa shape index (κ1) is 11.7. The molecule has 2 rings (SSSR count). The Labute approximate surface area is 104 Å². The molecule has 0 spiro atoms. The number of nitrogens with zero attached hydrogens (tertiary/aromatic N) is 2. The van der Waals surface area contributed by atoms with Gasteiger partial charge >= 0.3 is 0 Å². The van der Waals surface area contributed by atoms with Gasteiger partial charge in [-0.3, -0.25) is 4.79 Å². The molecular formula is C12H11ClN2O2. The van der Waals surface area contributed by atoms with Gasteiger partial charge in [-0.05, 0) is 30.7 Å². The molecule has 0 saturated heterocycles. The highest BCUT2D eigenvalue weighted by Gasteiger charge is 2.14. The van der Waals surface area contributed by atoms with Gasteiger partial charge in [0.05, 0.1) is 12.3 Å². The summed E-state index contributed by atoms with van der Waals surface area (Å²) in [5.74, 6) is 0.503. The van der Waals surface area contributed by atoms with Gasteiger partial charge < -0.3 is 4.74 Å². The van der Waals surface area contributed by atoms with E-state index in [0.717, 1.165) is 5.69 Å². The van der Waals surface area contributed by atoms with Crippen LogP contribution in [0, 0.1) is 0 Å². The largest absolute Gasteiger partial charge is 0.478 e. The van der Waals surface area contributed by atoms with Crippen LogP contribution >= 0.6 is 11.6 Å². The zero-order chi connectivity index (χ0) is 12.3. The number of benzene rings is 1. The molecule has 1 aromatic carbocycles. The van der Waals surface area contributed by atoms with Gasteiger partial charge in [0, 0.05) is 6.07 Å². The second kappa shape index (κ2) is 5.01. The van der Waals surface area contributed by atoms with Gasteiger partial charge in [-0.1, -0.05) is 18.2 Å². The average molecular weight is 251 g/mol. The average Bonchev–Trinajstić information content (AvgIpc) is 2.75. The van der Waals surface area contributed by atoms with E-state index in [1.165, 1.54) is 6.07 Å². The molecular weight excluding hydrogens is 240 g/mol. The molecule has 1 aromatic heterocycles. The minimum absolute atomic E-state index is 0.180. The van der Waals surface area contributed by atoms with Gasteiger partial charge in [0.1, 0.15) is 5.69 Å². The van der Waals surface area contributed by atoms with Crippen LogP contribution in [0.3, 0.4) is 0 Å². The molecule has 0 aliphatic rings. The van der Waals surface area contributed by atoms with E-state index in [2.05, 4.69) is 5.10 Å². The van der Waals surface area contributed by atoms with E-state index in [4.69, 9.17) is 16.3 Å². The number of aromatic nitrogens is 2. The van der Waals surface area contributed by atoms with Crippen molar-refractivity contribution in [3.8, 4) is 11.6 Å². The smallest absolute Gasteiger partial charge is 0.272 e. The summed E-state index contributed by atoms with van der Waals surface area (Å²) in [7, 11) is 0. The summed E-state index contributed by atoms with van der Waals surface area (Å²) in [5.41, 5.74) is 0.999. The Morgan fingerprint density at radius 2 is 2.12 bits per heavy atom. The number of rotatable bonds is 4. The zero-order valence-electron chi connectivity index (χ0n) is 9.26. The predicted octanol–water partition coefficient (Wildman–Crippen LogP) is 2.65. The molecule has 2 aromatic rings. The third-order valence-electron chi connectivity index (χ3n) is 2.17. The minimum atomic E-state index is -0.597. The van der Waals surface area contributed by atoms with Crippen LogP contribution in [0.15, 0.2) is 36.4 Å². The van der Waals surface area contributed by atoms with Crippen molar-refractivity contribution in [2.75, 3.05) is 6.61 Å². The van der Waals surface area contributed by atoms with Crippen molar-refractivity contribution in [1.82, 2.24) is 9.78 Å². The Bertz CT molecular complexity index is 523. The van der Waals surface area contributed by atoms with Crippen molar-refractivity contribution < 1.29 is 9.53 Å². The van der Waals surface area contributed by atoms with Gasteiger partial charge in [0.15, 0.2) is 0 Å². The highest BCUT2D eigenvalue weighted by Crippen LogP contribution is 2.20. The molecule has 0 amide bonds. The number of hydrogen-bond donors (Lipinski definition) is 0. The summed E-state index contributed by atoms with van der Waals surface area (Å²) in [5, 5.41) is 3.51. The SMILES string of the molecule is CCOc1cc(C(=O)Cl)nn1-c1ccccc1. The van der Waals surface area contributed by atoms with E-state index in [0.29, 0.717) is 12.5 Å². The van der Waals surface area contributed by atoms with Crippen molar-refractivity contribution in [3.05, 3.63) is 42.1 Å². The third-order valence-corrected chi connectivity index (χ3v) is 2.36. The fourth-order valence-corrected chi connectivity index (χ4v) is 1.56. The molecule has 0 radical (unpaired) electrons. The Morgan fingerprint density at radius 3 is 2.71 bits per heavy atom. The molecule has 0 atom stereocenters. The van der Waals surface area contributed by atoms with Crippen LogP contribution in [0.25, 0.3) is 5.69 Å². The van der Waals surface area contributed by atoms with Crippen molar-refractivity contribution in [3.63, 3.8) is 0 Å². The highest BCUT2D eigenvalue weighted by atomic mass is 35.5. The van der Waals surface area contributed by atoms with E-state index in [9.17, 15) is 4.79 Å². The maximum atomic E-state index is 11.1. The second-order valence-electron chi connectivity index (χ2n) is 3.32.